The van der Waals surface area contributed by atoms with Crippen LogP contribution in [0, 0.1) is 5.92 Å². The third kappa shape index (κ3) is 4.31. The zero-order chi connectivity index (χ0) is 17.4. The maximum absolute atomic E-state index is 11.9. The Morgan fingerprint density at radius 1 is 1.43 bits per heavy atom. The molecule has 1 aromatic rings. The molecule has 0 bridgehead atoms. The van der Waals surface area contributed by atoms with Crippen molar-refractivity contribution in [3.8, 4) is 0 Å². The minimum atomic E-state index is -0.548. The van der Waals surface area contributed by atoms with E-state index in [0.29, 0.717) is 16.6 Å². The minimum absolute atomic E-state index is 0.0645. The molecule has 3 atom stereocenters. The molecule has 0 aliphatic heterocycles. The molecule has 1 amide bonds. The molecule has 0 spiro atoms. The Morgan fingerprint density at radius 3 is 2.57 bits per heavy atom. The number of ether oxygens (including phenoxy) is 1. The van der Waals surface area contributed by atoms with Crippen LogP contribution in [-0.2, 0) is 10.2 Å². The van der Waals surface area contributed by atoms with Crippen molar-refractivity contribution in [1.82, 2.24) is 5.32 Å². The van der Waals surface area contributed by atoms with Crippen LogP contribution < -0.4 is 5.32 Å². The van der Waals surface area contributed by atoms with Gasteiger partial charge in [-0.15, -0.1) is 0 Å². The van der Waals surface area contributed by atoms with Crippen molar-refractivity contribution < 1.29 is 14.6 Å². The molecule has 0 aromatic heterocycles. The fourth-order valence-electron chi connectivity index (χ4n) is 2.95. The molecule has 1 saturated carbocycles. The average Bonchev–Trinajstić information content (AvgIpc) is 3.14. The van der Waals surface area contributed by atoms with E-state index in [1.54, 1.807) is 13.0 Å². The van der Waals surface area contributed by atoms with Crippen molar-refractivity contribution in [2.75, 3.05) is 6.54 Å². The van der Waals surface area contributed by atoms with Gasteiger partial charge < -0.3 is 15.2 Å². The lowest BCUT2D eigenvalue weighted by Gasteiger charge is -2.23. The zero-order valence-corrected chi connectivity index (χ0v) is 15.3. The molecule has 0 radical (unpaired) electrons. The van der Waals surface area contributed by atoms with Gasteiger partial charge in [0, 0.05) is 12.0 Å². The van der Waals surface area contributed by atoms with E-state index in [1.165, 1.54) is 0 Å². The van der Waals surface area contributed by atoms with Crippen molar-refractivity contribution in [2.24, 2.45) is 5.92 Å². The first-order valence-corrected chi connectivity index (χ1v) is 8.41. The summed E-state index contributed by atoms with van der Waals surface area (Å²) in [6, 6.07) is 5.45. The molecule has 1 aliphatic rings. The Hall–Kier alpha value is -0.970. The third-order valence-electron chi connectivity index (χ3n) is 4.16. The number of carbonyl (C=O) groups excluding carboxylic acids is 1. The van der Waals surface area contributed by atoms with Crippen LogP contribution in [0.25, 0.3) is 0 Å². The van der Waals surface area contributed by atoms with Crippen LogP contribution in [0.4, 0.5) is 4.79 Å². The first kappa shape index (κ1) is 18.4. The van der Waals surface area contributed by atoms with Gasteiger partial charge in [-0.1, -0.05) is 29.3 Å². The van der Waals surface area contributed by atoms with Gasteiger partial charge in [-0.05, 0) is 57.7 Å². The number of aliphatic hydroxyl groups excluding tert-OH is 1. The summed E-state index contributed by atoms with van der Waals surface area (Å²) >= 11 is 12.1. The molecule has 23 heavy (non-hydrogen) atoms. The highest BCUT2D eigenvalue weighted by atomic mass is 35.5. The lowest BCUT2D eigenvalue weighted by atomic mass is 9.91. The maximum Gasteiger partial charge on any atom is 0.407 e. The smallest absolute Gasteiger partial charge is 0.407 e. The van der Waals surface area contributed by atoms with Crippen molar-refractivity contribution >= 4 is 29.3 Å². The summed E-state index contributed by atoms with van der Waals surface area (Å²) < 4.78 is 5.28. The van der Waals surface area contributed by atoms with Crippen molar-refractivity contribution in [2.45, 2.75) is 51.2 Å². The summed E-state index contributed by atoms with van der Waals surface area (Å²) in [7, 11) is 0. The van der Waals surface area contributed by atoms with Gasteiger partial charge in [-0.2, -0.15) is 0 Å². The summed E-state index contributed by atoms with van der Waals surface area (Å²) in [4.78, 5) is 11.9. The highest BCUT2D eigenvalue weighted by molar-refractivity contribution is 6.42. The molecule has 0 saturated heterocycles. The highest BCUT2D eigenvalue weighted by Crippen LogP contribution is 2.56. The highest BCUT2D eigenvalue weighted by Gasteiger charge is 2.57. The molecule has 1 aliphatic carbocycles. The predicted molar refractivity (Wildman–Crippen MR) is 92.2 cm³/mol. The zero-order valence-electron chi connectivity index (χ0n) is 13.8. The van der Waals surface area contributed by atoms with Gasteiger partial charge in [-0.25, -0.2) is 4.79 Å². The van der Waals surface area contributed by atoms with Gasteiger partial charge in [0.05, 0.1) is 16.1 Å². The second-order valence-corrected chi connectivity index (χ2v) is 8.01. The quantitative estimate of drug-likeness (QED) is 0.848. The van der Waals surface area contributed by atoms with Crippen molar-refractivity contribution in [1.29, 1.82) is 0 Å². The van der Waals surface area contributed by atoms with Gasteiger partial charge in [0.2, 0.25) is 0 Å². The number of hydrogen-bond donors (Lipinski definition) is 2. The predicted octanol–water partition coefficient (Wildman–Crippen LogP) is 4.16. The largest absolute Gasteiger partial charge is 0.444 e. The number of benzene rings is 1. The van der Waals surface area contributed by atoms with Crippen LogP contribution in [-0.4, -0.2) is 29.4 Å². The van der Waals surface area contributed by atoms with Crippen LogP contribution in [0.5, 0.6) is 0 Å². The van der Waals surface area contributed by atoms with Crippen molar-refractivity contribution in [3.63, 3.8) is 0 Å². The molecular weight excluding hydrogens is 337 g/mol. The molecule has 2 N–H and O–H groups in total. The van der Waals surface area contributed by atoms with Crippen LogP contribution in [0.1, 0.15) is 39.7 Å². The lowest BCUT2D eigenvalue weighted by molar-refractivity contribution is 0.0518. The Balaban J connectivity index is 2.15. The fourth-order valence-corrected chi connectivity index (χ4v) is 3.25. The maximum atomic E-state index is 11.9. The Bertz CT molecular complexity index is 598. The van der Waals surface area contributed by atoms with Crippen LogP contribution in [0.2, 0.25) is 10.0 Å². The topological polar surface area (TPSA) is 58.6 Å². The van der Waals surface area contributed by atoms with E-state index < -0.39 is 17.8 Å². The second-order valence-electron chi connectivity index (χ2n) is 7.19. The molecule has 128 valence electrons. The fraction of sp³-hybridized carbons (Fsp3) is 0.588. The van der Waals surface area contributed by atoms with E-state index in [4.69, 9.17) is 27.9 Å². The third-order valence-corrected chi connectivity index (χ3v) is 4.90. The molecule has 6 heteroatoms. The molecule has 0 heterocycles. The summed E-state index contributed by atoms with van der Waals surface area (Å²) in [5.74, 6) is 0.0645. The number of amides is 1. The summed E-state index contributed by atoms with van der Waals surface area (Å²) in [6.07, 6.45) is -0.156. The van der Waals surface area contributed by atoms with E-state index in [0.717, 1.165) is 12.0 Å². The SMILES string of the molecule is CC(O)C1CC1(CNC(=O)OC(C)(C)C)c1ccc(Cl)c(Cl)c1. The normalized spacial score (nSPS) is 24.9. The van der Waals surface area contributed by atoms with Gasteiger partial charge in [0.25, 0.3) is 0 Å². The van der Waals surface area contributed by atoms with E-state index in [1.807, 2.05) is 32.9 Å². The number of aliphatic hydroxyl groups is 1. The van der Waals surface area contributed by atoms with Gasteiger partial charge in [0.15, 0.2) is 0 Å². The molecular formula is C17H23Cl2NO3. The Kier molecular flexibility index (Phi) is 5.19. The Labute approximate surface area is 147 Å². The molecule has 1 aromatic carbocycles. The summed E-state index contributed by atoms with van der Waals surface area (Å²) in [6.45, 7) is 7.60. The molecule has 2 rings (SSSR count). The summed E-state index contributed by atoms with van der Waals surface area (Å²) in [5.41, 5.74) is 0.0849. The number of alkyl carbamates (subject to hydrolysis) is 1. The number of nitrogens with one attached hydrogen (secondary N) is 1. The standard InChI is InChI=1S/C17H23Cl2NO3/c1-10(21)12-8-17(12,9-20-15(22)23-16(2,3)4)11-5-6-13(18)14(19)7-11/h5-7,10,12,21H,8-9H2,1-4H3,(H,20,22). The van der Waals surface area contributed by atoms with E-state index in [2.05, 4.69) is 5.32 Å². The van der Waals surface area contributed by atoms with Crippen LogP contribution in [0.3, 0.4) is 0 Å². The Morgan fingerprint density at radius 2 is 2.09 bits per heavy atom. The molecule has 1 fully saturated rings. The number of hydrogen-bond acceptors (Lipinski definition) is 3. The van der Waals surface area contributed by atoms with Crippen LogP contribution >= 0.6 is 23.2 Å². The second kappa shape index (κ2) is 6.50. The average molecular weight is 360 g/mol. The minimum Gasteiger partial charge on any atom is -0.444 e. The van der Waals surface area contributed by atoms with E-state index >= 15 is 0 Å². The van der Waals surface area contributed by atoms with Gasteiger partial charge in [-0.3, -0.25) is 0 Å². The van der Waals surface area contributed by atoms with Gasteiger partial charge >= 0.3 is 6.09 Å². The first-order chi connectivity index (χ1) is 10.5. The molecule has 4 nitrogen and oxygen atoms in total. The monoisotopic (exact) mass is 359 g/mol. The first-order valence-electron chi connectivity index (χ1n) is 7.65. The van der Waals surface area contributed by atoms with E-state index in [-0.39, 0.29) is 11.3 Å². The van der Waals surface area contributed by atoms with Crippen molar-refractivity contribution in [3.05, 3.63) is 33.8 Å². The number of carbonyl (C=O) groups is 1. The summed E-state index contributed by atoms with van der Waals surface area (Å²) in [5, 5.41) is 13.7. The molecule has 3 unspecified atom stereocenters. The number of rotatable bonds is 4. The number of halogens is 2. The van der Waals surface area contributed by atoms with Gasteiger partial charge in [0.1, 0.15) is 5.60 Å². The lowest BCUT2D eigenvalue weighted by Crippen LogP contribution is -2.38. The van der Waals surface area contributed by atoms with E-state index in [9.17, 15) is 9.90 Å². The van der Waals surface area contributed by atoms with Crippen LogP contribution in [0.15, 0.2) is 18.2 Å².